The van der Waals surface area contributed by atoms with Crippen molar-refractivity contribution < 1.29 is 4.74 Å². The second kappa shape index (κ2) is 7.95. The zero-order chi connectivity index (χ0) is 15.9. The summed E-state index contributed by atoms with van der Waals surface area (Å²) in [5, 5.41) is 5.58. The van der Waals surface area contributed by atoms with Crippen molar-refractivity contribution in [3.8, 4) is 5.75 Å². The van der Waals surface area contributed by atoms with Crippen LogP contribution in [-0.2, 0) is 19.7 Å². The van der Waals surface area contributed by atoms with E-state index in [1.165, 1.54) is 21.6 Å². The van der Waals surface area contributed by atoms with Gasteiger partial charge in [0.15, 0.2) is 0 Å². The molecule has 0 fully saturated rings. The highest BCUT2D eigenvalue weighted by atomic mass is 32.1. The van der Waals surface area contributed by atoms with E-state index in [0.717, 1.165) is 18.8 Å². The molecule has 1 aromatic heterocycles. The van der Waals surface area contributed by atoms with E-state index in [4.69, 9.17) is 4.74 Å². The SMILES string of the molecule is Cc1cccc(COc2cccc(CNCc3cccs3)c2)c1. The quantitative estimate of drug-likeness (QED) is 0.666. The molecule has 0 unspecified atom stereocenters. The monoisotopic (exact) mass is 323 g/mol. The average Bonchev–Trinajstić information content (AvgIpc) is 3.07. The van der Waals surface area contributed by atoms with Gasteiger partial charge in [0.2, 0.25) is 0 Å². The first-order valence-electron chi connectivity index (χ1n) is 7.80. The summed E-state index contributed by atoms with van der Waals surface area (Å²) in [6, 6.07) is 21.0. The summed E-state index contributed by atoms with van der Waals surface area (Å²) in [6.07, 6.45) is 0. The molecule has 23 heavy (non-hydrogen) atoms. The first-order valence-corrected chi connectivity index (χ1v) is 8.68. The summed E-state index contributed by atoms with van der Waals surface area (Å²) in [6.45, 7) is 4.46. The van der Waals surface area contributed by atoms with Crippen LogP contribution in [0.5, 0.6) is 5.75 Å². The molecule has 0 aliphatic heterocycles. The van der Waals surface area contributed by atoms with Gasteiger partial charge in [0.05, 0.1) is 0 Å². The Morgan fingerprint density at radius 2 is 1.78 bits per heavy atom. The number of nitrogens with one attached hydrogen (secondary N) is 1. The van der Waals surface area contributed by atoms with Gasteiger partial charge in [-0.2, -0.15) is 0 Å². The molecule has 0 amide bonds. The second-order valence-corrected chi connectivity index (χ2v) is 6.64. The largest absolute Gasteiger partial charge is 0.489 e. The number of thiophene rings is 1. The molecule has 0 aliphatic carbocycles. The predicted octanol–water partition coefficient (Wildman–Crippen LogP) is 4.93. The minimum Gasteiger partial charge on any atom is -0.489 e. The van der Waals surface area contributed by atoms with Gasteiger partial charge in [-0.15, -0.1) is 11.3 Å². The van der Waals surface area contributed by atoms with Gasteiger partial charge in [-0.25, -0.2) is 0 Å². The Morgan fingerprint density at radius 3 is 2.61 bits per heavy atom. The third-order valence-electron chi connectivity index (χ3n) is 3.59. The summed E-state index contributed by atoms with van der Waals surface area (Å²) < 4.78 is 5.91. The van der Waals surface area contributed by atoms with Crippen molar-refractivity contribution in [3.05, 3.63) is 87.6 Å². The highest BCUT2D eigenvalue weighted by molar-refractivity contribution is 7.09. The van der Waals surface area contributed by atoms with E-state index in [9.17, 15) is 0 Å². The lowest BCUT2D eigenvalue weighted by atomic mass is 10.1. The molecule has 118 valence electrons. The lowest BCUT2D eigenvalue weighted by molar-refractivity contribution is 0.306. The second-order valence-electron chi connectivity index (χ2n) is 5.61. The smallest absolute Gasteiger partial charge is 0.120 e. The van der Waals surface area contributed by atoms with Crippen molar-refractivity contribution in [1.82, 2.24) is 5.32 Å². The first kappa shape index (κ1) is 15.8. The van der Waals surface area contributed by atoms with Crippen molar-refractivity contribution >= 4 is 11.3 Å². The Balaban J connectivity index is 1.52. The van der Waals surface area contributed by atoms with Crippen LogP contribution in [0.3, 0.4) is 0 Å². The molecule has 0 saturated heterocycles. The van der Waals surface area contributed by atoms with Crippen LogP contribution in [0.1, 0.15) is 21.6 Å². The van der Waals surface area contributed by atoms with Crippen molar-refractivity contribution in [1.29, 1.82) is 0 Å². The van der Waals surface area contributed by atoms with E-state index in [0.29, 0.717) is 6.61 Å². The molecule has 0 atom stereocenters. The van der Waals surface area contributed by atoms with Crippen LogP contribution in [0.2, 0.25) is 0 Å². The van der Waals surface area contributed by atoms with Gasteiger partial charge in [0, 0.05) is 18.0 Å². The van der Waals surface area contributed by atoms with Gasteiger partial charge in [-0.3, -0.25) is 0 Å². The van der Waals surface area contributed by atoms with E-state index >= 15 is 0 Å². The van der Waals surface area contributed by atoms with Gasteiger partial charge in [0.1, 0.15) is 12.4 Å². The maximum atomic E-state index is 5.91. The van der Waals surface area contributed by atoms with Crippen LogP contribution in [0.15, 0.2) is 66.0 Å². The fourth-order valence-electron chi connectivity index (χ4n) is 2.46. The minimum absolute atomic E-state index is 0.605. The molecule has 2 aromatic carbocycles. The molecule has 0 spiro atoms. The van der Waals surface area contributed by atoms with E-state index in [-0.39, 0.29) is 0 Å². The molecular weight excluding hydrogens is 302 g/mol. The topological polar surface area (TPSA) is 21.3 Å². The Labute approximate surface area is 141 Å². The third kappa shape index (κ3) is 4.95. The molecule has 0 aliphatic rings. The highest BCUT2D eigenvalue weighted by Gasteiger charge is 2.00. The van der Waals surface area contributed by atoms with Crippen molar-refractivity contribution in [3.63, 3.8) is 0 Å². The van der Waals surface area contributed by atoms with E-state index in [1.54, 1.807) is 11.3 Å². The van der Waals surface area contributed by atoms with Gasteiger partial charge in [-0.1, -0.05) is 48.0 Å². The summed E-state index contributed by atoms with van der Waals surface area (Å²) in [5.74, 6) is 0.918. The van der Waals surface area contributed by atoms with Crippen LogP contribution in [-0.4, -0.2) is 0 Å². The van der Waals surface area contributed by atoms with Gasteiger partial charge >= 0.3 is 0 Å². The summed E-state index contributed by atoms with van der Waals surface area (Å²) >= 11 is 1.78. The molecule has 0 saturated carbocycles. The molecule has 3 aromatic rings. The van der Waals surface area contributed by atoms with E-state index in [2.05, 4.69) is 66.2 Å². The fraction of sp³-hybridized carbons (Fsp3) is 0.200. The molecule has 2 nitrogen and oxygen atoms in total. The predicted molar refractivity (Wildman–Crippen MR) is 96.8 cm³/mol. The zero-order valence-corrected chi connectivity index (χ0v) is 14.1. The van der Waals surface area contributed by atoms with Crippen LogP contribution in [0.4, 0.5) is 0 Å². The molecule has 0 radical (unpaired) electrons. The number of rotatable bonds is 7. The van der Waals surface area contributed by atoms with Gasteiger partial charge < -0.3 is 10.1 Å². The first-order chi connectivity index (χ1) is 11.3. The van der Waals surface area contributed by atoms with E-state index < -0.39 is 0 Å². The summed E-state index contributed by atoms with van der Waals surface area (Å²) in [4.78, 5) is 1.36. The number of ether oxygens (including phenoxy) is 1. The highest BCUT2D eigenvalue weighted by Crippen LogP contribution is 2.16. The summed E-state index contributed by atoms with van der Waals surface area (Å²) in [7, 11) is 0. The molecule has 1 heterocycles. The standard InChI is InChI=1S/C20H21NOS/c1-16-5-2-7-18(11-16)15-22-19-8-3-6-17(12-19)13-21-14-20-9-4-10-23-20/h2-12,21H,13-15H2,1H3. The number of hydrogen-bond acceptors (Lipinski definition) is 3. The minimum atomic E-state index is 0.605. The Bertz CT molecular complexity index is 737. The van der Waals surface area contributed by atoms with Crippen molar-refractivity contribution in [2.45, 2.75) is 26.6 Å². The van der Waals surface area contributed by atoms with E-state index in [1.807, 2.05) is 12.1 Å². The van der Waals surface area contributed by atoms with Crippen molar-refractivity contribution in [2.24, 2.45) is 0 Å². The van der Waals surface area contributed by atoms with Crippen LogP contribution in [0.25, 0.3) is 0 Å². The zero-order valence-electron chi connectivity index (χ0n) is 13.3. The molecule has 1 N–H and O–H groups in total. The fourth-order valence-corrected chi connectivity index (χ4v) is 3.13. The Hall–Kier alpha value is -2.10. The number of hydrogen-bond donors (Lipinski definition) is 1. The molecule has 3 heteroatoms. The normalized spacial score (nSPS) is 10.7. The lowest BCUT2D eigenvalue weighted by Crippen LogP contribution is -2.11. The van der Waals surface area contributed by atoms with Crippen LogP contribution >= 0.6 is 11.3 Å². The Kier molecular flexibility index (Phi) is 5.46. The van der Waals surface area contributed by atoms with Gasteiger partial charge in [0.25, 0.3) is 0 Å². The molecule has 0 bridgehead atoms. The third-order valence-corrected chi connectivity index (χ3v) is 4.47. The van der Waals surface area contributed by atoms with Crippen molar-refractivity contribution in [2.75, 3.05) is 0 Å². The molecular formula is C20H21NOS. The lowest BCUT2D eigenvalue weighted by Gasteiger charge is -2.09. The average molecular weight is 323 g/mol. The Morgan fingerprint density at radius 1 is 0.913 bits per heavy atom. The maximum absolute atomic E-state index is 5.91. The summed E-state index contributed by atoms with van der Waals surface area (Å²) in [5.41, 5.74) is 3.70. The maximum Gasteiger partial charge on any atom is 0.120 e. The number of aryl methyl sites for hydroxylation is 1. The molecule has 3 rings (SSSR count). The van der Waals surface area contributed by atoms with Crippen LogP contribution in [0, 0.1) is 6.92 Å². The number of benzene rings is 2. The van der Waals surface area contributed by atoms with Gasteiger partial charge in [-0.05, 0) is 41.6 Å². The van der Waals surface area contributed by atoms with Crippen LogP contribution < -0.4 is 10.1 Å².